The Hall–Kier alpha value is -2.10. The van der Waals surface area contributed by atoms with Gasteiger partial charge in [0.15, 0.2) is 0 Å². The molecule has 4 nitrogen and oxygen atoms in total. The summed E-state index contributed by atoms with van der Waals surface area (Å²) < 4.78 is 1.74. The lowest BCUT2D eigenvalue weighted by atomic mass is 10.2. The maximum Gasteiger partial charge on any atom is 0.251 e. The number of benzene rings is 1. The highest BCUT2D eigenvalue weighted by atomic mass is 16.1. The van der Waals surface area contributed by atoms with Crippen LogP contribution in [0.15, 0.2) is 42.7 Å². The molecule has 1 aromatic carbocycles. The number of hydrogen-bond donors (Lipinski definition) is 1. The van der Waals surface area contributed by atoms with Crippen molar-refractivity contribution in [1.82, 2.24) is 15.1 Å². The fourth-order valence-electron chi connectivity index (χ4n) is 1.33. The molecule has 0 aliphatic carbocycles. The third-order valence-electron chi connectivity index (χ3n) is 2.13. The molecule has 1 N–H and O–H groups in total. The van der Waals surface area contributed by atoms with Gasteiger partial charge in [0.25, 0.3) is 5.91 Å². The van der Waals surface area contributed by atoms with E-state index in [1.165, 1.54) is 0 Å². The van der Waals surface area contributed by atoms with Gasteiger partial charge in [0.2, 0.25) is 0 Å². The van der Waals surface area contributed by atoms with Crippen molar-refractivity contribution < 1.29 is 4.79 Å². The zero-order valence-corrected chi connectivity index (χ0v) is 8.34. The van der Waals surface area contributed by atoms with Crippen LogP contribution in [-0.2, 0) is 0 Å². The van der Waals surface area contributed by atoms with Gasteiger partial charge < -0.3 is 5.32 Å². The van der Waals surface area contributed by atoms with Gasteiger partial charge in [-0.3, -0.25) is 4.79 Å². The Balaban J connectivity index is 2.29. The molecule has 0 aliphatic heterocycles. The van der Waals surface area contributed by atoms with Gasteiger partial charge in [-0.1, -0.05) is 0 Å². The van der Waals surface area contributed by atoms with E-state index < -0.39 is 0 Å². The average molecular weight is 201 g/mol. The first-order valence-corrected chi connectivity index (χ1v) is 4.63. The Morgan fingerprint density at radius 1 is 1.33 bits per heavy atom. The lowest BCUT2D eigenvalue weighted by Gasteiger charge is -2.02. The molecule has 0 fully saturated rings. The minimum absolute atomic E-state index is 0.0815. The molecule has 1 aromatic heterocycles. The first kappa shape index (κ1) is 9.45. The highest BCUT2D eigenvalue weighted by molar-refractivity contribution is 5.94. The monoisotopic (exact) mass is 201 g/mol. The van der Waals surface area contributed by atoms with Crippen LogP contribution in [-0.4, -0.2) is 22.7 Å². The fraction of sp³-hybridized carbons (Fsp3) is 0.0909. The van der Waals surface area contributed by atoms with E-state index in [4.69, 9.17) is 0 Å². The number of amides is 1. The molecule has 1 heterocycles. The molecular formula is C11H11N3O. The van der Waals surface area contributed by atoms with Crippen molar-refractivity contribution in [3.63, 3.8) is 0 Å². The van der Waals surface area contributed by atoms with Crippen LogP contribution in [0.2, 0.25) is 0 Å². The molecule has 2 aromatic rings. The van der Waals surface area contributed by atoms with Crippen LogP contribution in [0.5, 0.6) is 0 Å². The number of hydrogen-bond acceptors (Lipinski definition) is 2. The van der Waals surface area contributed by atoms with Gasteiger partial charge in [0, 0.05) is 25.0 Å². The lowest BCUT2D eigenvalue weighted by Crippen LogP contribution is -2.17. The van der Waals surface area contributed by atoms with Crippen molar-refractivity contribution in [2.45, 2.75) is 0 Å². The predicted molar refractivity (Wildman–Crippen MR) is 57.0 cm³/mol. The summed E-state index contributed by atoms with van der Waals surface area (Å²) in [6.07, 6.45) is 3.57. The van der Waals surface area contributed by atoms with Crippen molar-refractivity contribution >= 4 is 5.91 Å². The molecule has 0 saturated carbocycles. The summed E-state index contributed by atoms with van der Waals surface area (Å²) >= 11 is 0. The van der Waals surface area contributed by atoms with E-state index in [2.05, 4.69) is 10.4 Å². The molecule has 1 amide bonds. The molecule has 0 spiro atoms. The molecule has 0 bridgehead atoms. The van der Waals surface area contributed by atoms with Crippen LogP contribution < -0.4 is 5.32 Å². The smallest absolute Gasteiger partial charge is 0.251 e. The maximum absolute atomic E-state index is 11.3. The summed E-state index contributed by atoms with van der Waals surface area (Å²) in [4.78, 5) is 11.3. The second kappa shape index (κ2) is 3.96. The van der Waals surface area contributed by atoms with Crippen LogP contribution in [0.4, 0.5) is 0 Å². The van der Waals surface area contributed by atoms with E-state index in [0.717, 1.165) is 5.69 Å². The third-order valence-corrected chi connectivity index (χ3v) is 2.13. The molecule has 4 heteroatoms. The largest absolute Gasteiger partial charge is 0.355 e. The highest BCUT2D eigenvalue weighted by Crippen LogP contribution is 2.08. The van der Waals surface area contributed by atoms with Gasteiger partial charge >= 0.3 is 0 Å². The number of rotatable bonds is 2. The molecule has 0 aliphatic rings. The van der Waals surface area contributed by atoms with Crippen molar-refractivity contribution in [3.8, 4) is 5.69 Å². The second-order valence-corrected chi connectivity index (χ2v) is 3.08. The molecule has 0 saturated heterocycles. The zero-order chi connectivity index (χ0) is 10.7. The number of nitrogens with one attached hydrogen (secondary N) is 1. The predicted octanol–water partition coefficient (Wildman–Crippen LogP) is 1.23. The van der Waals surface area contributed by atoms with Gasteiger partial charge in [-0.25, -0.2) is 4.68 Å². The number of nitrogens with zero attached hydrogens (tertiary/aromatic N) is 2. The van der Waals surface area contributed by atoms with Crippen molar-refractivity contribution in [3.05, 3.63) is 48.3 Å². The average Bonchev–Trinajstić information content (AvgIpc) is 2.82. The summed E-state index contributed by atoms with van der Waals surface area (Å²) in [7, 11) is 1.61. The van der Waals surface area contributed by atoms with E-state index in [0.29, 0.717) is 5.56 Å². The van der Waals surface area contributed by atoms with Crippen LogP contribution in [0, 0.1) is 0 Å². The highest BCUT2D eigenvalue weighted by Gasteiger charge is 2.02. The molecule has 0 unspecified atom stereocenters. The molecule has 0 atom stereocenters. The van der Waals surface area contributed by atoms with Crippen molar-refractivity contribution in [1.29, 1.82) is 0 Å². The molecular weight excluding hydrogens is 190 g/mol. The molecule has 76 valence electrons. The van der Waals surface area contributed by atoms with E-state index >= 15 is 0 Å². The summed E-state index contributed by atoms with van der Waals surface area (Å²) in [6.45, 7) is 0. The van der Waals surface area contributed by atoms with Gasteiger partial charge in [0.05, 0.1) is 5.69 Å². The van der Waals surface area contributed by atoms with E-state index in [-0.39, 0.29) is 5.91 Å². The van der Waals surface area contributed by atoms with Gasteiger partial charge in [-0.15, -0.1) is 0 Å². The third kappa shape index (κ3) is 1.88. The van der Waals surface area contributed by atoms with Crippen LogP contribution in [0.3, 0.4) is 0 Å². The number of aromatic nitrogens is 2. The van der Waals surface area contributed by atoms with Gasteiger partial charge in [-0.2, -0.15) is 5.10 Å². The Morgan fingerprint density at radius 3 is 2.60 bits per heavy atom. The lowest BCUT2D eigenvalue weighted by molar-refractivity contribution is 0.0963. The van der Waals surface area contributed by atoms with E-state index in [1.807, 2.05) is 24.4 Å². The molecule has 2 rings (SSSR count). The number of carbonyl (C=O) groups is 1. The van der Waals surface area contributed by atoms with Crippen molar-refractivity contribution in [2.24, 2.45) is 0 Å². The quantitative estimate of drug-likeness (QED) is 0.794. The van der Waals surface area contributed by atoms with Crippen LogP contribution >= 0.6 is 0 Å². The summed E-state index contributed by atoms with van der Waals surface area (Å²) in [5.74, 6) is -0.0815. The van der Waals surface area contributed by atoms with Gasteiger partial charge in [0.1, 0.15) is 0 Å². The summed E-state index contributed by atoms with van der Waals surface area (Å²) in [6, 6.07) is 9.12. The normalized spacial score (nSPS) is 9.93. The Labute approximate surface area is 87.5 Å². The van der Waals surface area contributed by atoms with E-state index in [1.54, 1.807) is 30.1 Å². The Bertz CT molecular complexity index is 445. The minimum atomic E-state index is -0.0815. The first-order chi connectivity index (χ1) is 7.31. The summed E-state index contributed by atoms with van der Waals surface area (Å²) in [5.41, 5.74) is 1.58. The minimum Gasteiger partial charge on any atom is -0.355 e. The Kier molecular flexibility index (Phi) is 2.49. The summed E-state index contributed by atoms with van der Waals surface area (Å²) in [5, 5.41) is 6.67. The first-order valence-electron chi connectivity index (χ1n) is 4.63. The van der Waals surface area contributed by atoms with E-state index in [9.17, 15) is 4.79 Å². The van der Waals surface area contributed by atoms with Crippen LogP contribution in [0.25, 0.3) is 5.69 Å². The van der Waals surface area contributed by atoms with Crippen LogP contribution in [0.1, 0.15) is 10.4 Å². The van der Waals surface area contributed by atoms with Crippen molar-refractivity contribution in [2.75, 3.05) is 7.05 Å². The maximum atomic E-state index is 11.3. The second-order valence-electron chi connectivity index (χ2n) is 3.08. The fourth-order valence-corrected chi connectivity index (χ4v) is 1.33. The SMILES string of the molecule is CNC(=O)c1ccc(-n2cccn2)cc1. The number of carbonyl (C=O) groups excluding carboxylic acids is 1. The zero-order valence-electron chi connectivity index (χ0n) is 8.34. The molecule has 0 radical (unpaired) electrons. The standard InChI is InChI=1S/C11H11N3O/c1-12-11(15)9-3-5-10(6-4-9)14-8-2-7-13-14/h2-8H,1H3,(H,12,15). The molecule has 15 heavy (non-hydrogen) atoms. The van der Waals surface area contributed by atoms with Gasteiger partial charge in [-0.05, 0) is 30.3 Å². The topological polar surface area (TPSA) is 46.9 Å². The Morgan fingerprint density at radius 2 is 2.07 bits per heavy atom.